The molecule has 0 aromatic heterocycles. The molecule has 0 radical (unpaired) electrons. The summed E-state index contributed by atoms with van der Waals surface area (Å²) < 4.78 is 0. The molecule has 2 unspecified atom stereocenters. The van der Waals surface area contributed by atoms with Crippen LogP contribution in [0.25, 0.3) is 0 Å². The van der Waals surface area contributed by atoms with Gasteiger partial charge in [0.2, 0.25) is 0 Å². The average Bonchev–Trinajstić information content (AvgIpc) is 2.42. The van der Waals surface area contributed by atoms with Crippen molar-refractivity contribution in [3.63, 3.8) is 0 Å². The Labute approximate surface area is 110 Å². The van der Waals surface area contributed by atoms with Crippen molar-refractivity contribution in [2.45, 2.75) is 32.4 Å². The van der Waals surface area contributed by atoms with Crippen LogP contribution in [0.2, 0.25) is 0 Å². The second kappa shape index (κ2) is 6.58. The van der Waals surface area contributed by atoms with E-state index in [1.807, 2.05) is 6.92 Å². The van der Waals surface area contributed by atoms with Gasteiger partial charge >= 0.3 is 0 Å². The summed E-state index contributed by atoms with van der Waals surface area (Å²) in [5.74, 6) is 6.13. The first-order valence-corrected chi connectivity index (χ1v) is 6.73. The van der Waals surface area contributed by atoms with Crippen LogP contribution >= 0.6 is 0 Å². The van der Waals surface area contributed by atoms with Crippen molar-refractivity contribution >= 4 is 0 Å². The monoisotopic (exact) mass is 242 g/mol. The summed E-state index contributed by atoms with van der Waals surface area (Å²) in [5.41, 5.74) is 1.39. The van der Waals surface area contributed by atoms with Crippen molar-refractivity contribution in [3.05, 3.63) is 35.9 Å². The minimum absolute atomic E-state index is 0.456. The predicted molar refractivity (Wildman–Crippen MR) is 76.3 cm³/mol. The average molecular weight is 242 g/mol. The van der Waals surface area contributed by atoms with Crippen LogP contribution in [0.1, 0.15) is 31.9 Å². The fraction of sp³-hybridized carbons (Fsp3) is 0.500. The quantitative estimate of drug-likeness (QED) is 0.819. The topological polar surface area (TPSA) is 15.3 Å². The maximum absolute atomic E-state index is 3.63. The molecule has 2 atom stereocenters. The molecule has 1 aromatic rings. The molecular weight excluding hydrogens is 220 g/mol. The van der Waals surface area contributed by atoms with Crippen LogP contribution in [0, 0.1) is 11.8 Å². The zero-order valence-corrected chi connectivity index (χ0v) is 11.3. The van der Waals surface area contributed by atoms with E-state index < -0.39 is 0 Å². The molecule has 1 aromatic carbocycles. The molecule has 1 aliphatic heterocycles. The molecule has 1 aliphatic rings. The number of hydrogen-bond acceptors (Lipinski definition) is 2. The van der Waals surface area contributed by atoms with Crippen LogP contribution < -0.4 is 5.32 Å². The van der Waals surface area contributed by atoms with Gasteiger partial charge in [0.1, 0.15) is 0 Å². The molecule has 0 aliphatic carbocycles. The van der Waals surface area contributed by atoms with Gasteiger partial charge in [0.05, 0.1) is 0 Å². The Morgan fingerprint density at radius 3 is 2.83 bits per heavy atom. The van der Waals surface area contributed by atoms with E-state index in [2.05, 4.69) is 59.3 Å². The van der Waals surface area contributed by atoms with E-state index in [1.165, 1.54) is 5.56 Å². The van der Waals surface area contributed by atoms with Gasteiger partial charge in [0.15, 0.2) is 0 Å². The standard InChI is InChI=1S/C16H22N2/c1-3-4-8-11-18-13-16(17-12-14(18)2)15-9-6-5-7-10-15/h5-7,9-10,14,16-17H,8,11-13H2,1-2H3. The van der Waals surface area contributed by atoms with Gasteiger partial charge in [-0.2, -0.15) is 0 Å². The Bertz CT molecular complexity index is 416. The van der Waals surface area contributed by atoms with E-state index in [1.54, 1.807) is 0 Å². The van der Waals surface area contributed by atoms with Crippen molar-refractivity contribution in [2.75, 3.05) is 19.6 Å². The smallest absolute Gasteiger partial charge is 0.0449 e. The Kier molecular flexibility index (Phi) is 4.81. The van der Waals surface area contributed by atoms with Crippen molar-refractivity contribution in [3.8, 4) is 11.8 Å². The van der Waals surface area contributed by atoms with Gasteiger partial charge in [-0.25, -0.2) is 0 Å². The van der Waals surface area contributed by atoms with Crippen molar-refractivity contribution in [1.29, 1.82) is 0 Å². The van der Waals surface area contributed by atoms with Crippen molar-refractivity contribution < 1.29 is 0 Å². The van der Waals surface area contributed by atoms with Gasteiger partial charge in [-0.05, 0) is 19.4 Å². The minimum Gasteiger partial charge on any atom is -0.307 e. The molecule has 0 amide bonds. The highest BCUT2D eigenvalue weighted by Gasteiger charge is 2.24. The van der Waals surface area contributed by atoms with Crippen molar-refractivity contribution in [1.82, 2.24) is 10.2 Å². The molecule has 2 rings (SSSR count). The predicted octanol–water partition coefficient (Wildman–Crippen LogP) is 2.43. The summed E-state index contributed by atoms with van der Waals surface area (Å²) in [7, 11) is 0. The van der Waals surface area contributed by atoms with Gasteiger partial charge in [-0.3, -0.25) is 4.90 Å². The zero-order chi connectivity index (χ0) is 12.8. The highest BCUT2D eigenvalue weighted by molar-refractivity contribution is 5.20. The maximum atomic E-state index is 3.63. The molecule has 0 spiro atoms. The second-order valence-corrected chi connectivity index (χ2v) is 4.89. The van der Waals surface area contributed by atoms with Crippen LogP contribution in [0.3, 0.4) is 0 Å². The van der Waals surface area contributed by atoms with E-state index in [-0.39, 0.29) is 0 Å². The maximum Gasteiger partial charge on any atom is 0.0449 e. The Morgan fingerprint density at radius 1 is 1.33 bits per heavy atom. The van der Waals surface area contributed by atoms with E-state index in [9.17, 15) is 0 Å². The molecule has 2 nitrogen and oxygen atoms in total. The lowest BCUT2D eigenvalue weighted by Crippen LogP contribution is -2.51. The van der Waals surface area contributed by atoms with E-state index >= 15 is 0 Å². The van der Waals surface area contributed by atoms with E-state index in [0.29, 0.717) is 12.1 Å². The van der Waals surface area contributed by atoms with Gasteiger partial charge in [0, 0.05) is 38.1 Å². The summed E-state index contributed by atoms with van der Waals surface area (Å²) in [5, 5.41) is 3.63. The molecule has 1 fully saturated rings. The summed E-state index contributed by atoms with van der Waals surface area (Å²) in [6.07, 6.45) is 0.975. The third kappa shape index (κ3) is 3.35. The van der Waals surface area contributed by atoms with Gasteiger partial charge < -0.3 is 5.32 Å². The van der Waals surface area contributed by atoms with E-state index in [0.717, 1.165) is 26.1 Å². The number of hydrogen-bond donors (Lipinski definition) is 1. The van der Waals surface area contributed by atoms with E-state index in [4.69, 9.17) is 0 Å². The van der Waals surface area contributed by atoms with Gasteiger partial charge in [-0.15, -0.1) is 11.8 Å². The van der Waals surface area contributed by atoms with Crippen LogP contribution in [0.15, 0.2) is 30.3 Å². The number of rotatable bonds is 3. The van der Waals surface area contributed by atoms with Crippen LogP contribution in [-0.2, 0) is 0 Å². The Hall–Kier alpha value is -1.30. The number of benzene rings is 1. The normalized spacial score (nSPS) is 24.3. The highest BCUT2D eigenvalue weighted by atomic mass is 15.2. The fourth-order valence-electron chi connectivity index (χ4n) is 2.47. The van der Waals surface area contributed by atoms with Gasteiger partial charge in [-0.1, -0.05) is 30.3 Å². The van der Waals surface area contributed by atoms with Crippen LogP contribution in [-0.4, -0.2) is 30.6 Å². The largest absolute Gasteiger partial charge is 0.307 e. The lowest BCUT2D eigenvalue weighted by atomic mass is 10.0. The van der Waals surface area contributed by atoms with Crippen LogP contribution in [0.5, 0.6) is 0 Å². The lowest BCUT2D eigenvalue weighted by molar-refractivity contribution is 0.144. The summed E-state index contributed by atoms with van der Waals surface area (Å²) >= 11 is 0. The molecule has 1 N–H and O–H groups in total. The third-order valence-electron chi connectivity index (χ3n) is 3.60. The molecular formula is C16H22N2. The Morgan fingerprint density at radius 2 is 2.11 bits per heavy atom. The molecule has 1 saturated heterocycles. The first-order valence-electron chi connectivity index (χ1n) is 6.73. The lowest BCUT2D eigenvalue weighted by Gasteiger charge is -2.38. The minimum atomic E-state index is 0.456. The number of nitrogens with zero attached hydrogens (tertiary/aromatic N) is 1. The molecule has 0 saturated carbocycles. The van der Waals surface area contributed by atoms with Crippen LogP contribution in [0.4, 0.5) is 0 Å². The Balaban J connectivity index is 1.97. The SMILES string of the molecule is CC#CCCN1CC(c2ccccc2)NCC1C. The molecule has 96 valence electrons. The zero-order valence-electron chi connectivity index (χ0n) is 11.3. The molecule has 2 heteroatoms. The molecule has 0 bridgehead atoms. The number of nitrogens with one attached hydrogen (secondary N) is 1. The van der Waals surface area contributed by atoms with Gasteiger partial charge in [0.25, 0.3) is 0 Å². The summed E-state index contributed by atoms with van der Waals surface area (Å²) in [6.45, 7) is 7.41. The summed E-state index contributed by atoms with van der Waals surface area (Å²) in [4.78, 5) is 2.54. The fourth-order valence-corrected chi connectivity index (χ4v) is 2.47. The first kappa shape index (κ1) is 13.1. The van der Waals surface area contributed by atoms with Crippen molar-refractivity contribution in [2.24, 2.45) is 0 Å². The second-order valence-electron chi connectivity index (χ2n) is 4.89. The molecule has 1 heterocycles. The summed E-state index contributed by atoms with van der Waals surface area (Å²) in [6, 6.07) is 11.8. The highest BCUT2D eigenvalue weighted by Crippen LogP contribution is 2.19. The first-order chi connectivity index (χ1) is 8.81. The molecule has 18 heavy (non-hydrogen) atoms. The number of piperazine rings is 1. The third-order valence-corrected chi connectivity index (χ3v) is 3.60.